The van der Waals surface area contributed by atoms with Crippen molar-refractivity contribution < 1.29 is 42.7 Å². The van der Waals surface area contributed by atoms with Crippen LogP contribution in [0, 0.1) is 0 Å². The first kappa shape index (κ1) is 40.4. The van der Waals surface area contributed by atoms with Gasteiger partial charge >= 0.3 is 44.0 Å². The summed E-state index contributed by atoms with van der Waals surface area (Å²) in [7, 11) is -18.3. The van der Waals surface area contributed by atoms with Crippen LogP contribution < -0.4 is 0 Å². The van der Waals surface area contributed by atoms with E-state index in [4.69, 9.17) is 42.7 Å². The highest BCUT2D eigenvalue weighted by Gasteiger charge is 2.76. The quantitative estimate of drug-likeness (QED) is 0.149. The topological polar surface area (TPSA) is 92.3 Å². The summed E-state index contributed by atoms with van der Waals surface area (Å²) < 4.78 is 75.9. The van der Waals surface area contributed by atoms with Gasteiger partial charge in [0, 0.05) is 58.2 Å². The molecule has 290 valence electrons. The first-order chi connectivity index (χ1) is 23.6. The Kier molecular flexibility index (Phi) is 12.9. The standard InChI is InChI=1S/C35H70O10Si5/c1-26(2)36-46(31-16-11-17-31)41-47(37-27(3)4,32-18-12-19-32)43-49(39-29(7)8,34-22-14-23-34)45-50(40-30(9)10,35-24-15-25-35)44-48(42-46,38-28(5)6)33-20-13-21-33/h26-35H,11-25H2,1-10H3. The van der Waals surface area contributed by atoms with Crippen molar-refractivity contribution in [1.82, 2.24) is 0 Å². The van der Waals surface area contributed by atoms with Crippen LogP contribution in [-0.4, -0.2) is 74.5 Å². The zero-order valence-corrected chi connectivity index (χ0v) is 38.0. The zero-order valence-electron chi connectivity index (χ0n) is 33.0. The van der Waals surface area contributed by atoms with Crippen LogP contribution in [0.1, 0.15) is 166 Å². The van der Waals surface area contributed by atoms with E-state index in [2.05, 4.69) is 69.2 Å². The molecule has 5 aliphatic carbocycles. The molecule has 1 saturated heterocycles. The molecule has 1 heterocycles. The van der Waals surface area contributed by atoms with Crippen molar-refractivity contribution in [3.8, 4) is 0 Å². The Hall–Kier alpha value is 0.684. The van der Waals surface area contributed by atoms with E-state index in [1.807, 2.05) is 0 Å². The highest BCUT2D eigenvalue weighted by Crippen LogP contribution is 2.59. The summed E-state index contributed by atoms with van der Waals surface area (Å²) in [5, 5.41) is 0. The Morgan fingerprint density at radius 3 is 0.520 bits per heavy atom. The average Bonchev–Trinajstić information content (AvgIpc) is 2.74. The molecule has 0 N–H and O–H groups in total. The third-order valence-electron chi connectivity index (χ3n) is 11.4. The van der Waals surface area contributed by atoms with Gasteiger partial charge in [0.1, 0.15) is 0 Å². The van der Waals surface area contributed by atoms with Crippen molar-refractivity contribution in [3.63, 3.8) is 0 Å². The molecule has 0 spiro atoms. The monoisotopic (exact) mass is 790 g/mol. The van der Waals surface area contributed by atoms with Crippen molar-refractivity contribution >= 4 is 44.0 Å². The first-order valence-corrected chi connectivity index (χ1v) is 29.6. The molecular formula is C35H70O10Si5. The van der Waals surface area contributed by atoms with Gasteiger partial charge in [0.05, 0.1) is 0 Å². The predicted molar refractivity (Wildman–Crippen MR) is 203 cm³/mol. The molecule has 0 aromatic heterocycles. The molecule has 50 heavy (non-hydrogen) atoms. The van der Waals surface area contributed by atoms with Crippen molar-refractivity contribution in [2.24, 2.45) is 0 Å². The molecule has 6 fully saturated rings. The largest absolute Gasteiger partial charge is 0.489 e. The van der Waals surface area contributed by atoms with Crippen LogP contribution in [0.5, 0.6) is 0 Å². The molecule has 1 aliphatic heterocycles. The van der Waals surface area contributed by atoms with Crippen molar-refractivity contribution in [1.29, 1.82) is 0 Å². The fourth-order valence-electron chi connectivity index (χ4n) is 8.10. The maximum atomic E-state index is 7.91. The van der Waals surface area contributed by atoms with Gasteiger partial charge in [-0.2, -0.15) is 0 Å². The fraction of sp³-hybridized carbons (Fsp3) is 1.00. The molecule has 15 heteroatoms. The Bertz CT molecular complexity index is 900. The highest BCUT2D eigenvalue weighted by atomic mass is 28.6. The van der Waals surface area contributed by atoms with Crippen LogP contribution in [0.25, 0.3) is 0 Å². The summed E-state index contributed by atoms with van der Waals surface area (Å²) >= 11 is 0. The van der Waals surface area contributed by atoms with Gasteiger partial charge in [0.2, 0.25) is 0 Å². The van der Waals surface area contributed by atoms with Crippen molar-refractivity contribution in [2.45, 2.75) is 224 Å². The highest BCUT2D eigenvalue weighted by molar-refractivity contribution is 6.91. The predicted octanol–water partition coefficient (Wildman–Crippen LogP) is 9.67. The minimum atomic E-state index is -3.65. The zero-order chi connectivity index (χ0) is 36.0. The SMILES string of the molecule is CC(C)O[Si]1(C2CCC2)O[Si](OC(C)C)(C2CCC2)O[Si](OC(C)C)(C2CCC2)O[Si](OC(C)C)(C2CCC2)O[Si](OC(C)C)(C2CCC2)O1. The molecule has 0 amide bonds. The summed E-state index contributed by atoms with van der Waals surface area (Å²) in [6.45, 7) is 21.1. The minimum absolute atomic E-state index is 0.123. The number of rotatable bonds is 15. The van der Waals surface area contributed by atoms with Crippen LogP contribution in [0.4, 0.5) is 0 Å². The second kappa shape index (κ2) is 16.0. The maximum absolute atomic E-state index is 7.91. The number of hydrogen-bond donors (Lipinski definition) is 0. The fourth-order valence-corrected chi connectivity index (χ4v) is 37.2. The van der Waals surface area contributed by atoms with Gasteiger partial charge in [0.25, 0.3) is 0 Å². The summed E-state index contributed by atoms with van der Waals surface area (Å²) in [5.41, 5.74) is 0.622. The molecule has 6 aliphatic rings. The second-order valence-electron chi connectivity index (χ2n) is 17.5. The van der Waals surface area contributed by atoms with Crippen LogP contribution >= 0.6 is 0 Å². The third-order valence-corrected chi connectivity index (χ3v) is 34.7. The molecule has 0 aromatic rings. The van der Waals surface area contributed by atoms with E-state index in [9.17, 15) is 0 Å². The first-order valence-electron chi connectivity index (χ1n) is 20.5. The maximum Gasteiger partial charge on any atom is 0.489 e. The number of hydrogen-bond acceptors (Lipinski definition) is 10. The third kappa shape index (κ3) is 8.27. The van der Waals surface area contributed by atoms with E-state index in [1.165, 1.54) is 0 Å². The van der Waals surface area contributed by atoms with Gasteiger partial charge in [-0.05, 0) is 133 Å². The molecule has 0 radical (unpaired) electrons. The van der Waals surface area contributed by atoms with E-state index < -0.39 is 44.0 Å². The molecule has 10 nitrogen and oxygen atoms in total. The van der Waals surface area contributed by atoms with Gasteiger partial charge < -0.3 is 42.7 Å². The van der Waals surface area contributed by atoms with E-state index >= 15 is 0 Å². The van der Waals surface area contributed by atoms with Crippen molar-refractivity contribution in [2.75, 3.05) is 0 Å². The van der Waals surface area contributed by atoms with E-state index in [0.717, 1.165) is 96.3 Å². The Morgan fingerprint density at radius 2 is 0.440 bits per heavy atom. The summed E-state index contributed by atoms with van der Waals surface area (Å²) in [6.07, 6.45) is 14.9. The van der Waals surface area contributed by atoms with Gasteiger partial charge in [-0.1, -0.05) is 32.1 Å². The Morgan fingerprint density at radius 1 is 0.300 bits per heavy atom. The molecule has 0 atom stereocenters. The lowest BCUT2D eigenvalue weighted by molar-refractivity contribution is -0.0354. The Labute approximate surface area is 309 Å². The Balaban J connectivity index is 1.66. The van der Waals surface area contributed by atoms with E-state index in [-0.39, 0.29) is 58.2 Å². The van der Waals surface area contributed by atoms with Crippen LogP contribution in [-0.2, 0) is 42.7 Å². The van der Waals surface area contributed by atoms with Gasteiger partial charge in [0.15, 0.2) is 0 Å². The molecule has 6 rings (SSSR count). The van der Waals surface area contributed by atoms with Gasteiger partial charge in [-0.15, -0.1) is 0 Å². The molecule has 0 unspecified atom stereocenters. The molecular weight excluding hydrogens is 721 g/mol. The second-order valence-corrected chi connectivity index (χ2v) is 32.9. The summed E-state index contributed by atoms with van der Waals surface area (Å²) in [5.74, 6) is 0. The van der Waals surface area contributed by atoms with Crippen molar-refractivity contribution in [3.05, 3.63) is 0 Å². The van der Waals surface area contributed by atoms with Crippen LogP contribution in [0.15, 0.2) is 0 Å². The smallest absolute Gasteiger partial charge is 0.372 e. The van der Waals surface area contributed by atoms with E-state index in [1.54, 1.807) is 0 Å². The molecule has 0 bridgehead atoms. The molecule has 5 saturated carbocycles. The summed E-state index contributed by atoms with van der Waals surface area (Å²) in [6, 6.07) is 0. The van der Waals surface area contributed by atoms with Gasteiger partial charge in [-0.3, -0.25) is 0 Å². The normalized spacial score (nSPS) is 38.7. The van der Waals surface area contributed by atoms with E-state index in [0.29, 0.717) is 0 Å². The lowest BCUT2D eigenvalue weighted by Crippen LogP contribution is -2.78. The minimum Gasteiger partial charge on any atom is -0.372 e. The van der Waals surface area contributed by atoms with Gasteiger partial charge in [-0.25, -0.2) is 0 Å². The average molecular weight is 791 g/mol. The van der Waals surface area contributed by atoms with Crippen LogP contribution in [0.3, 0.4) is 0 Å². The summed E-state index contributed by atoms with van der Waals surface area (Å²) in [4.78, 5) is 0. The lowest BCUT2D eigenvalue weighted by atomic mass is 10.00. The van der Waals surface area contributed by atoms with Crippen LogP contribution in [0.2, 0.25) is 27.7 Å². The lowest BCUT2D eigenvalue weighted by Gasteiger charge is -2.59. The molecule has 0 aromatic carbocycles.